The monoisotopic (exact) mass is 556 g/mol. The van der Waals surface area contributed by atoms with Gasteiger partial charge in [0.1, 0.15) is 12.4 Å². The van der Waals surface area contributed by atoms with E-state index in [4.69, 9.17) is 14.5 Å². The van der Waals surface area contributed by atoms with Crippen molar-refractivity contribution in [3.8, 4) is 11.7 Å². The number of hydrogen-bond acceptors (Lipinski definition) is 6. The maximum absolute atomic E-state index is 12.2. The number of aromatic nitrogens is 3. The second kappa shape index (κ2) is 14.3. The van der Waals surface area contributed by atoms with Crippen molar-refractivity contribution in [2.45, 2.75) is 66.2 Å². The summed E-state index contributed by atoms with van der Waals surface area (Å²) in [6.07, 6.45) is 14.4. The van der Waals surface area contributed by atoms with Crippen molar-refractivity contribution < 1.29 is 14.3 Å². The van der Waals surface area contributed by atoms with Crippen molar-refractivity contribution in [1.82, 2.24) is 19.7 Å². The van der Waals surface area contributed by atoms with Crippen LogP contribution in [0.15, 0.2) is 77.3 Å². The van der Waals surface area contributed by atoms with E-state index in [0.29, 0.717) is 30.5 Å². The van der Waals surface area contributed by atoms with E-state index in [0.717, 1.165) is 79.8 Å². The first-order valence-electron chi connectivity index (χ1n) is 14.8. The van der Waals surface area contributed by atoms with Crippen LogP contribution in [0.5, 0.6) is 5.88 Å². The predicted molar refractivity (Wildman–Crippen MR) is 165 cm³/mol. The van der Waals surface area contributed by atoms with Crippen LogP contribution in [-0.2, 0) is 4.74 Å². The molecule has 2 aliphatic rings. The van der Waals surface area contributed by atoms with E-state index in [1.165, 1.54) is 18.1 Å². The molecule has 2 aromatic heterocycles. The fourth-order valence-corrected chi connectivity index (χ4v) is 5.15. The van der Waals surface area contributed by atoms with Crippen molar-refractivity contribution in [3.05, 3.63) is 88.5 Å². The number of carbonyl (C=O) groups excluding carboxylic acids is 1. The summed E-state index contributed by atoms with van der Waals surface area (Å²) < 4.78 is 14.1. The fourth-order valence-electron chi connectivity index (χ4n) is 5.15. The Morgan fingerprint density at radius 2 is 1.93 bits per heavy atom. The molecule has 1 aliphatic carbocycles. The maximum atomic E-state index is 12.2. The highest BCUT2D eigenvalue weighted by atomic mass is 16.5. The molecule has 218 valence electrons. The van der Waals surface area contributed by atoms with Crippen molar-refractivity contribution in [2.24, 2.45) is 0 Å². The highest BCUT2D eigenvalue weighted by Crippen LogP contribution is 2.33. The number of Topliss-reactive ketones (excluding diaryl/α,β-unsaturated/α-hetero) is 1. The molecule has 1 aliphatic heterocycles. The first-order chi connectivity index (χ1) is 19.8. The summed E-state index contributed by atoms with van der Waals surface area (Å²) in [6, 6.07) is 5.86. The lowest BCUT2D eigenvalue weighted by Gasteiger charge is -2.22. The van der Waals surface area contributed by atoms with Crippen molar-refractivity contribution >= 4 is 11.4 Å². The molecular formula is C34H44N4O3. The Hall–Kier alpha value is -3.71. The van der Waals surface area contributed by atoms with E-state index < -0.39 is 0 Å². The van der Waals surface area contributed by atoms with Crippen LogP contribution in [0.4, 0.5) is 0 Å². The van der Waals surface area contributed by atoms with Gasteiger partial charge in [-0.05, 0) is 102 Å². The molecule has 0 aromatic carbocycles. The predicted octanol–water partition coefficient (Wildman–Crippen LogP) is 7.27. The van der Waals surface area contributed by atoms with Crippen molar-refractivity contribution in [2.75, 3.05) is 33.4 Å². The molecule has 7 nitrogen and oxygen atoms in total. The van der Waals surface area contributed by atoms with E-state index >= 15 is 0 Å². The van der Waals surface area contributed by atoms with E-state index in [1.54, 1.807) is 10.9 Å². The highest BCUT2D eigenvalue weighted by molar-refractivity contribution is 5.96. The first-order valence-corrected chi connectivity index (χ1v) is 14.8. The summed E-state index contributed by atoms with van der Waals surface area (Å²) in [7, 11) is 2.17. The van der Waals surface area contributed by atoms with Gasteiger partial charge in [0, 0.05) is 18.7 Å². The second-order valence-corrected chi connectivity index (χ2v) is 10.9. The van der Waals surface area contributed by atoms with E-state index in [-0.39, 0.29) is 5.78 Å². The van der Waals surface area contributed by atoms with Gasteiger partial charge in [0.05, 0.1) is 24.1 Å². The Balaban J connectivity index is 1.68. The van der Waals surface area contributed by atoms with Crippen molar-refractivity contribution in [3.63, 3.8) is 0 Å². The number of ketones is 1. The molecule has 0 radical (unpaired) electrons. The van der Waals surface area contributed by atoms with Crippen LogP contribution in [-0.4, -0.2) is 58.8 Å². The van der Waals surface area contributed by atoms with Crippen LogP contribution in [0.25, 0.3) is 11.4 Å². The zero-order valence-corrected chi connectivity index (χ0v) is 25.3. The summed E-state index contributed by atoms with van der Waals surface area (Å²) >= 11 is 0. The third-order valence-electron chi connectivity index (χ3n) is 7.78. The minimum Gasteiger partial charge on any atom is -0.488 e. The SMILES string of the molecule is C=C1CCN(C)CC/C=C\C(COC2=C(C)CCCCC=C2c2cccc(-n3ncc(C(C)=O)c3OCC)n2)=C1C. The Labute approximate surface area is 244 Å². The summed E-state index contributed by atoms with van der Waals surface area (Å²) in [4.78, 5) is 19.5. The summed E-state index contributed by atoms with van der Waals surface area (Å²) in [5.41, 5.74) is 6.99. The minimum atomic E-state index is -0.0956. The smallest absolute Gasteiger partial charge is 0.229 e. The average molecular weight is 557 g/mol. The number of rotatable bonds is 8. The molecule has 7 heteroatoms. The Morgan fingerprint density at radius 3 is 2.71 bits per heavy atom. The van der Waals surface area contributed by atoms with Gasteiger partial charge in [-0.2, -0.15) is 9.78 Å². The number of ether oxygens (including phenoxy) is 2. The molecule has 0 spiro atoms. The van der Waals surface area contributed by atoms with Gasteiger partial charge in [-0.3, -0.25) is 4.79 Å². The van der Waals surface area contributed by atoms with Crippen LogP contribution in [0, 0.1) is 0 Å². The zero-order chi connectivity index (χ0) is 29.4. The van der Waals surface area contributed by atoms with Gasteiger partial charge < -0.3 is 14.4 Å². The average Bonchev–Trinajstić information content (AvgIpc) is 3.38. The van der Waals surface area contributed by atoms with Gasteiger partial charge in [0.2, 0.25) is 5.88 Å². The molecular weight excluding hydrogens is 512 g/mol. The lowest BCUT2D eigenvalue weighted by atomic mass is 9.96. The molecule has 3 heterocycles. The molecule has 0 fully saturated rings. The summed E-state index contributed by atoms with van der Waals surface area (Å²) in [5.74, 6) is 1.80. The molecule has 0 atom stereocenters. The Kier molecular flexibility index (Phi) is 10.5. The number of hydrogen-bond donors (Lipinski definition) is 0. The zero-order valence-electron chi connectivity index (χ0n) is 25.3. The number of nitrogens with zero attached hydrogens (tertiary/aromatic N) is 4. The van der Waals surface area contributed by atoms with Crippen molar-refractivity contribution in [1.29, 1.82) is 0 Å². The van der Waals surface area contributed by atoms with Crippen LogP contribution in [0.1, 0.15) is 82.3 Å². The molecule has 0 saturated carbocycles. The van der Waals surface area contributed by atoms with Gasteiger partial charge in [0.15, 0.2) is 11.6 Å². The molecule has 0 amide bonds. The van der Waals surface area contributed by atoms with Gasteiger partial charge in [-0.25, -0.2) is 4.98 Å². The Bertz CT molecular complexity index is 1390. The van der Waals surface area contributed by atoms with Gasteiger partial charge in [-0.1, -0.05) is 36.4 Å². The molecule has 0 saturated heterocycles. The topological polar surface area (TPSA) is 69.5 Å². The third-order valence-corrected chi connectivity index (χ3v) is 7.78. The Morgan fingerprint density at radius 1 is 1.10 bits per heavy atom. The quantitative estimate of drug-likeness (QED) is 0.319. The summed E-state index contributed by atoms with van der Waals surface area (Å²) in [6.45, 7) is 15.0. The normalized spacial score (nSPS) is 18.5. The first kappa shape index (κ1) is 30.3. The highest BCUT2D eigenvalue weighted by Gasteiger charge is 2.21. The van der Waals surface area contributed by atoms with E-state index in [9.17, 15) is 4.79 Å². The van der Waals surface area contributed by atoms with Crippen LogP contribution >= 0.6 is 0 Å². The van der Waals surface area contributed by atoms with Crippen LogP contribution < -0.4 is 4.74 Å². The number of pyridine rings is 1. The molecule has 41 heavy (non-hydrogen) atoms. The summed E-state index contributed by atoms with van der Waals surface area (Å²) in [5, 5.41) is 4.45. The standard InChI is InChI=1S/C34H44N4O3/c1-7-40-34-30(27(5)39)22-35-38(34)32-18-13-17-31(36-32)29-16-10-8-9-14-25(3)33(29)41-23-28-15-11-12-20-37(6)21-19-24(2)26(28)4/h11,13,15-18,22H,2,7-10,12,14,19-21,23H2,1,3-6H3/b15-11-,28-26?,29-16?,33-25?. The molecule has 0 N–H and O–H groups in total. The molecule has 0 bridgehead atoms. The lowest BCUT2D eigenvalue weighted by Crippen LogP contribution is -2.21. The van der Waals surface area contributed by atoms with Gasteiger partial charge >= 0.3 is 0 Å². The fraction of sp³-hybridized carbons (Fsp3) is 0.441. The largest absolute Gasteiger partial charge is 0.488 e. The number of allylic oxidation sites excluding steroid dienone is 4. The van der Waals surface area contributed by atoms with E-state index in [1.807, 2.05) is 25.1 Å². The van der Waals surface area contributed by atoms with Crippen LogP contribution in [0.3, 0.4) is 0 Å². The third kappa shape index (κ3) is 7.53. The number of carbonyl (C=O) groups is 1. The van der Waals surface area contributed by atoms with Crippen LogP contribution in [0.2, 0.25) is 0 Å². The second-order valence-electron chi connectivity index (χ2n) is 10.9. The lowest BCUT2D eigenvalue weighted by molar-refractivity contribution is 0.101. The van der Waals surface area contributed by atoms with Gasteiger partial charge in [0.25, 0.3) is 0 Å². The van der Waals surface area contributed by atoms with Gasteiger partial charge in [-0.15, -0.1) is 0 Å². The molecule has 2 aromatic rings. The van der Waals surface area contributed by atoms with E-state index in [2.05, 4.69) is 55.7 Å². The maximum Gasteiger partial charge on any atom is 0.229 e. The minimum absolute atomic E-state index is 0.0956. The molecule has 0 unspecified atom stereocenters. The molecule has 4 rings (SSSR count).